The van der Waals surface area contributed by atoms with E-state index in [-0.39, 0.29) is 17.4 Å². The predicted molar refractivity (Wildman–Crippen MR) is 111 cm³/mol. The molecule has 6 nitrogen and oxygen atoms in total. The summed E-state index contributed by atoms with van der Waals surface area (Å²) in [6.07, 6.45) is 0.465. The predicted octanol–water partition coefficient (Wildman–Crippen LogP) is 3.00. The Kier molecular flexibility index (Phi) is 3.05. The van der Waals surface area contributed by atoms with Crippen molar-refractivity contribution in [3.05, 3.63) is 76.0 Å². The standard InChI is InChI=1S/C23H20N4O2/c1-12(2)23-19-15(13-7-3-5-9-16(13)24-19)11-18(20(28)26-23)27-21(29)14-8-4-6-10-17(14)25-22(23)27/h3-10,12,18,24H,11H2,1-2H3,(H,26,28). The molecule has 5 heterocycles. The molecule has 0 saturated heterocycles. The lowest BCUT2D eigenvalue weighted by atomic mass is 9.80. The van der Waals surface area contributed by atoms with Crippen LogP contribution in [0.5, 0.6) is 0 Å². The number of aromatic amines is 1. The van der Waals surface area contributed by atoms with E-state index in [2.05, 4.69) is 30.2 Å². The molecule has 0 fully saturated rings. The fourth-order valence-corrected chi connectivity index (χ4v) is 5.16. The Morgan fingerprint density at radius 2 is 1.79 bits per heavy atom. The molecule has 29 heavy (non-hydrogen) atoms. The van der Waals surface area contributed by atoms with E-state index in [4.69, 9.17) is 4.98 Å². The van der Waals surface area contributed by atoms with Crippen LogP contribution in [-0.2, 0) is 16.8 Å². The van der Waals surface area contributed by atoms with Gasteiger partial charge in [0.05, 0.1) is 16.6 Å². The van der Waals surface area contributed by atoms with Gasteiger partial charge in [0.25, 0.3) is 5.56 Å². The highest BCUT2D eigenvalue weighted by molar-refractivity contribution is 5.91. The number of fused-ring (bicyclic) bond motifs is 3. The van der Waals surface area contributed by atoms with Gasteiger partial charge in [0, 0.05) is 17.3 Å². The first-order valence-corrected chi connectivity index (χ1v) is 9.96. The monoisotopic (exact) mass is 384 g/mol. The topological polar surface area (TPSA) is 79.8 Å². The molecule has 0 aliphatic carbocycles. The van der Waals surface area contributed by atoms with Crippen LogP contribution in [0.15, 0.2) is 53.3 Å². The second-order valence-corrected chi connectivity index (χ2v) is 8.32. The molecular formula is C23H20N4O2. The molecule has 3 aliphatic rings. The molecule has 2 atom stereocenters. The Hall–Kier alpha value is -3.41. The van der Waals surface area contributed by atoms with Crippen LogP contribution >= 0.6 is 0 Å². The summed E-state index contributed by atoms with van der Waals surface area (Å²) in [6.45, 7) is 4.12. The van der Waals surface area contributed by atoms with Gasteiger partial charge in [-0.05, 0) is 29.7 Å². The van der Waals surface area contributed by atoms with Crippen LogP contribution in [0.4, 0.5) is 0 Å². The van der Waals surface area contributed by atoms with Crippen LogP contribution in [0.25, 0.3) is 21.8 Å². The average molecular weight is 384 g/mol. The minimum Gasteiger partial charge on any atom is -0.356 e. The second-order valence-electron chi connectivity index (χ2n) is 8.32. The van der Waals surface area contributed by atoms with Crippen molar-refractivity contribution in [2.24, 2.45) is 5.92 Å². The number of para-hydroxylation sites is 2. The van der Waals surface area contributed by atoms with Crippen LogP contribution in [0, 0.1) is 5.92 Å². The van der Waals surface area contributed by atoms with E-state index in [1.54, 1.807) is 10.6 Å². The maximum Gasteiger partial charge on any atom is 0.262 e. The largest absolute Gasteiger partial charge is 0.356 e. The molecule has 1 amide bonds. The van der Waals surface area contributed by atoms with Crippen LogP contribution in [-0.4, -0.2) is 20.4 Å². The van der Waals surface area contributed by atoms with Gasteiger partial charge < -0.3 is 10.3 Å². The van der Waals surface area contributed by atoms with Crippen LogP contribution in [0.2, 0.25) is 0 Å². The minimum atomic E-state index is -0.887. The average Bonchev–Trinajstić information content (AvgIpc) is 2.97. The summed E-state index contributed by atoms with van der Waals surface area (Å²) in [5.41, 5.74) is 2.69. The highest BCUT2D eigenvalue weighted by atomic mass is 16.2. The number of carbonyl (C=O) groups excluding carboxylic acids is 1. The van der Waals surface area contributed by atoms with Crippen molar-refractivity contribution in [2.45, 2.75) is 31.8 Å². The zero-order valence-electron chi connectivity index (χ0n) is 16.2. The van der Waals surface area contributed by atoms with Crippen molar-refractivity contribution >= 4 is 27.7 Å². The van der Waals surface area contributed by atoms with Gasteiger partial charge in [0.2, 0.25) is 5.91 Å². The first kappa shape index (κ1) is 16.5. The van der Waals surface area contributed by atoms with E-state index in [9.17, 15) is 9.59 Å². The number of rotatable bonds is 1. The lowest BCUT2D eigenvalue weighted by Crippen LogP contribution is -2.59. The smallest absolute Gasteiger partial charge is 0.262 e. The number of hydrogen-bond acceptors (Lipinski definition) is 3. The normalized spacial score (nSPS) is 22.6. The number of nitrogens with zero attached hydrogens (tertiary/aromatic N) is 2. The molecule has 3 aliphatic heterocycles. The van der Waals surface area contributed by atoms with E-state index >= 15 is 0 Å². The summed E-state index contributed by atoms with van der Waals surface area (Å²) in [6, 6.07) is 14.9. The molecule has 2 aromatic carbocycles. The highest BCUT2D eigenvalue weighted by Crippen LogP contribution is 2.47. The SMILES string of the molecule is CC(C)C12NC(=O)C(Cc3c1[nH]c1ccccc31)n1c2nc2ccccc2c1=O. The molecule has 0 spiro atoms. The van der Waals surface area contributed by atoms with Crippen LogP contribution in [0.1, 0.15) is 37.0 Å². The Morgan fingerprint density at radius 1 is 1.07 bits per heavy atom. The van der Waals surface area contributed by atoms with Gasteiger partial charge in [-0.3, -0.25) is 14.2 Å². The maximum absolute atomic E-state index is 13.5. The van der Waals surface area contributed by atoms with Gasteiger partial charge in [-0.1, -0.05) is 44.2 Å². The zero-order chi connectivity index (χ0) is 19.9. The zero-order valence-corrected chi connectivity index (χ0v) is 16.2. The van der Waals surface area contributed by atoms with Crippen LogP contribution < -0.4 is 10.9 Å². The van der Waals surface area contributed by atoms with Gasteiger partial charge in [0.1, 0.15) is 17.4 Å². The summed E-state index contributed by atoms with van der Waals surface area (Å²) >= 11 is 0. The van der Waals surface area contributed by atoms with E-state index in [1.807, 2.05) is 36.4 Å². The molecule has 144 valence electrons. The second kappa shape index (κ2) is 5.35. The lowest BCUT2D eigenvalue weighted by molar-refractivity contribution is -0.128. The number of carbonyl (C=O) groups is 1. The van der Waals surface area contributed by atoms with Crippen molar-refractivity contribution in [1.29, 1.82) is 0 Å². The highest BCUT2D eigenvalue weighted by Gasteiger charge is 2.54. The lowest BCUT2D eigenvalue weighted by Gasteiger charge is -2.42. The number of benzene rings is 2. The Morgan fingerprint density at radius 3 is 2.59 bits per heavy atom. The number of hydrogen-bond donors (Lipinski definition) is 2. The Labute approximate surface area is 166 Å². The molecule has 0 radical (unpaired) electrons. The third-order valence-corrected chi connectivity index (χ3v) is 6.57. The molecule has 0 saturated carbocycles. The first-order valence-electron chi connectivity index (χ1n) is 9.96. The minimum absolute atomic E-state index is 0.0170. The first-order chi connectivity index (χ1) is 14.0. The summed E-state index contributed by atoms with van der Waals surface area (Å²) < 4.78 is 1.64. The molecule has 2 bridgehead atoms. The number of amides is 1. The summed E-state index contributed by atoms with van der Waals surface area (Å²) in [4.78, 5) is 35.2. The van der Waals surface area contributed by atoms with E-state index < -0.39 is 11.6 Å². The Bertz CT molecular complexity index is 1400. The third kappa shape index (κ3) is 1.89. The number of H-pyrrole nitrogens is 1. The van der Waals surface area contributed by atoms with Gasteiger partial charge in [-0.15, -0.1) is 0 Å². The summed E-state index contributed by atoms with van der Waals surface area (Å²) in [7, 11) is 0. The molecular weight excluding hydrogens is 364 g/mol. The molecule has 2 aromatic heterocycles. The number of aromatic nitrogens is 3. The van der Waals surface area contributed by atoms with Gasteiger partial charge in [0.15, 0.2) is 0 Å². The molecule has 2 N–H and O–H groups in total. The number of nitrogens with one attached hydrogen (secondary N) is 2. The summed E-state index contributed by atoms with van der Waals surface area (Å²) in [5.74, 6) is 0.474. The molecule has 4 aromatic rings. The van der Waals surface area contributed by atoms with Gasteiger partial charge >= 0.3 is 0 Å². The van der Waals surface area contributed by atoms with Gasteiger partial charge in [-0.2, -0.15) is 0 Å². The molecule has 2 unspecified atom stereocenters. The summed E-state index contributed by atoms with van der Waals surface area (Å²) in [5, 5.41) is 4.91. The fourth-order valence-electron chi connectivity index (χ4n) is 5.16. The third-order valence-electron chi connectivity index (χ3n) is 6.57. The quantitative estimate of drug-likeness (QED) is 0.529. The van der Waals surface area contributed by atoms with E-state index in [1.165, 1.54) is 0 Å². The maximum atomic E-state index is 13.5. The van der Waals surface area contributed by atoms with Gasteiger partial charge in [-0.25, -0.2) is 4.98 Å². The van der Waals surface area contributed by atoms with Crippen molar-refractivity contribution in [3.8, 4) is 0 Å². The molecule has 7 rings (SSSR count). The molecule has 6 heteroatoms. The Balaban J connectivity index is 1.82. The van der Waals surface area contributed by atoms with Crippen molar-refractivity contribution in [1.82, 2.24) is 19.9 Å². The van der Waals surface area contributed by atoms with E-state index in [0.29, 0.717) is 23.1 Å². The van der Waals surface area contributed by atoms with Crippen molar-refractivity contribution < 1.29 is 4.79 Å². The van der Waals surface area contributed by atoms with E-state index in [0.717, 1.165) is 22.2 Å². The van der Waals surface area contributed by atoms with Crippen LogP contribution in [0.3, 0.4) is 0 Å². The van der Waals surface area contributed by atoms with Crippen molar-refractivity contribution in [2.75, 3.05) is 0 Å². The fraction of sp³-hybridized carbons (Fsp3) is 0.261. The van der Waals surface area contributed by atoms with Crippen molar-refractivity contribution in [3.63, 3.8) is 0 Å².